The van der Waals surface area contributed by atoms with Gasteiger partial charge in [0.1, 0.15) is 5.69 Å². The highest BCUT2D eigenvalue weighted by molar-refractivity contribution is 7.80. The zero-order valence-corrected chi connectivity index (χ0v) is 13.2. The van der Waals surface area contributed by atoms with Crippen LogP contribution in [0.3, 0.4) is 0 Å². The van der Waals surface area contributed by atoms with Gasteiger partial charge in [0.25, 0.3) is 5.91 Å². The molecule has 4 N–H and O–H groups in total. The average molecular weight is 335 g/mol. The van der Waals surface area contributed by atoms with Crippen LogP contribution in [0.1, 0.15) is 17.4 Å². The largest absolute Gasteiger partial charge is 0.331 e. The molecule has 0 radical (unpaired) electrons. The molecule has 0 aliphatic rings. The van der Waals surface area contributed by atoms with E-state index in [4.69, 9.17) is 12.2 Å². The predicted molar refractivity (Wildman–Crippen MR) is 89.7 cm³/mol. The van der Waals surface area contributed by atoms with E-state index in [9.17, 15) is 9.59 Å². The fourth-order valence-electron chi connectivity index (χ4n) is 1.45. The van der Waals surface area contributed by atoms with E-state index in [2.05, 4.69) is 26.5 Å². The van der Waals surface area contributed by atoms with Crippen molar-refractivity contribution in [2.45, 2.75) is 6.92 Å². The molecular weight excluding hydrogens is 322 g/mol. The molecule has 7 nitrogen and oxygen atoms in total. The number of hydrazine groups is 1. The minimum atomic E-state index is -0.454. The van der Waals surface area contributed by atoms with Crippen molar-refractivity contribution in [3.8, 4) is 0 Å². The number of nitrogens with one attached hydrogen (secondary N) is 4. The van der Waals surface area contributed by atoms with Gasteiger partial charge < -0.3 is 10.6 Å². The lowest BCUT2D eigenvalue weighted by atomic mass is 10.3. The number of hydrogen-bond donors (Lipinski definition) is 4. The molecule has 114 valence electrons. The van der Waals surface area contributed by atoms with Crippen LogP contribution in [-0.4, -0.2) is 21.9 Å². The number of hydrogen-bond acceptors (Lipinski definition) is 5. The minimum absolute atomic E-state index is 0.184. The van der Waals surface area contributed by atoms with Crippen LogP contribution in [0.15, 0.2) is 35.7 Å². The Hall–Kier alpha value is -2.52. The van der Waals surface area contributed by atoms with E-state index in [-0.39, 0.29) is 16.7 Å². The van der Waals surface area contributed by atoms with Gasteiger partial charge in [0.15, 0.2) is 10.2 Å². The van der Waals surface area contributed by atoms with Crippen molar-refractivity contribution in [2.75, 3.05) is 10.6 Å². The number of anilines is 2. The Morgan fingerprint density at radius 1 is 1.14 bits per heavy atom. The number of rotatable bonds is 3. The van der Waals surface area contributed by atoms with E-state index in [1.165, 1.54) is 12.3 Å². The third kappa shape index (κ3) is 4.79. The highest BCUT2D eigenvalue weighted by atomic mass is 32.1. The Morgan fingerprint density at radius 3 is 2.55 bits per heavy atom. The maximum absolute atomic E-state index is 11.9. The van der Waals surface area contributed by atoms with Gasteiger partial charge in [-0.05, 0) is 24.4 Å². The summed E-state index contributed by atoms with van der Waals surface area (Å²) in [6.07, 6.45) is 0. The molecule has 0 atom stereocenters. The van der Waals surface area contributed by atoms with Gasteiger partial charge in [0.2, 0.25) is 5.91 Å². The van der Waals surface area contributed by atoms with E-state index < -0.39 is 5.91 Å². The zero-order chi connectivity index (χ0) is 15.9. The van der Waals surface area contributed by atoms with Gasteiger partial charge in [-0.15, -0.1) is 11.3 Å². The summed E-state index contributed by atoms with van der Waals surface area (Å²) in [6.45, 7) is 1.37. The van der Waals surface area contributed by atoms with Gasteiger partial charge in [0.05, 0.1) is 0 Å². The van der Waals surface area contributed by atoms with Gasteiger partial charge in [0, 0.05) is 18.0 Å². The summed E-state index contributed by atoms with van der Waals surface area (Å²) in [6, 6.07) is 9.30. The van der Waals surface area contributed by atoms with E-state index >= 15 is 0 Å². The molecule has 9 heteroatoms. The number of nitrogens with zero attached hydrogens (tertiary/aromatic N) is 1. The molecule has 22 heavy (non-hydrogen) atoms. The third-order valence-corrected chi connectivity index (χ3v) is 3.30. The number of thiocarbonyl (C=S) groups is 1. The van der Waals surface area contributed by atoms with Crippen molar-refractivity contribution in [2.24, 2.45) is 0 Å². The summed E-state index contributed by atoms with van der Waals surface area (Å²) in [7, 11) is 0. The number of aromatic nitrogens is 1. The average Bonchev–Trinajstić information content (AvgIpc) is 2.93. The van der Waals surface area contributed by atoms with Crippen LogP contribution < -0.4 is 21.5 Å². The molecule has 0 saturated heterocycles. The third-order valence-electron chi connectivity index (χ3n) is 2.34. The second-order valence-corrected chi connectivity index (χ2v) is 5.38. The fraction of sp³-hybridized carbons (Fsp3) is 0.0769. The first-order chi connectivity index (χ1) is 10.5. The summed E-state index contributed by atoms with van der Waals surface area (Å²) in [5, 5.41) is 7.57. The number of thiazole rings is 1. The van der Waals surface area contributed by atoms with Gasteiger partial charge in [-0.25, -0.2) is 4.98 Å². The van der Waals surface area contributed by atoms with Gasteiger partial charge in [-0.1, -0.05) is 18.2 Å². The molecule has 0 bridgehead atoms. The summed E-state index contributed by atoms with van der Waals surface area (Å²) < 4.78 is 0. The lowest BCUT2D eigenvalue weighted by Crippen LogP contribution is -2.43. The highest BCUT2D eigenvalue weighted by Crippen LogP contribution is 2.14. The Bertz CT molecular complexity index is 687. The molecule has 0 aliphatic heterocycles. The van der Waals surface area contributed by atoms with Crippen molar-refractivity contribution in [1.82, 2.24) is 15.8 Å². The molecule has 0 unspecified atom stereocenters. The Morgan fingerprint density at radius 2 is 1.86 bits per heavy atom. The van der Waals surface area contributed by atoms with Gasteiger partial charge >= 0.3 is 0 Å². The smallest absolute Gasteiger partial charge is 0.289 e. The van der Waals surface area contributed by atoms with Crippen LogP contribution in [0.4, 0.5) is 10.8 Å². The summed E-state index contributed by atoms with van der Waals surface area (Å²) in [4.78, 5) is 26.8. The standard InChI is InChI=1S/C13H13N5O2S2/c1-8(19)14-13-16-10(7-22-13)11(20)17-18-12(21)15-9-5-3-2-4-6-9/h2-7H,1H3,(H,17,20)(H,14,16,19)(H2,15,18,21). The van der Waals surface area contributed by atoms with Crippen molar-refractivity contribution >= 4 is 51.3 Å². The first kappa shape index (κ1) is 15.9. The summed E-state index contributed by atoms with van der Waals surface area (Å²) in [5.74, 6) is -0.697. The van der Waals surface area contributed by atoms with Crippen LogP contribution in [-0.2, 0) is 4.79 Å². The Balaban J connectivity index is 1.83. The second kappa shape index (κ2) is 7.48. The number of amides is 2. The Kier molecular flexibility index (Phi) is 5.39. The summed E-state index contributed by atoms with van der Waals surface area (Å²) in [5.41, 5.74) is 5.99. The molecule has 0 spiro atoms. The highest BCUT2D eigenvalue weighted by Gasteiger charge is 2.11. The molecular formula is C13H13N5O2S2. The van der Waals surface area contributed by atoms with E-state index in [0.717, 1.165) is 17.0 Å². The minimum Gasteiger partial charge on any atom is -0.331 e. The molecule has 2 aromatic rings. The van der Waals surface area contributed by atoms with Crippen molar-refractivity contribution in [3.05, 3.63) is 41.4 Å². The SMILES string of the molecule is CC(=O)Nc1nc(C(=O)NNC(=S)Nc2ccccc2)cs1. The maximum atomic E-state index is 11.9. The number of carbonyl (C=O) groups excluding carboxylic acids is 2. The molecule has 0 fully saturated rings. The molecule has 1 aromatic heterocycles. The molecule has 1 aromatic carbocycles. The normalized spacial score (nSPS) is 9.68. The van der Waals surface area contributed by atoms with Crippen LogP contribution in [0.2, 0.25) is 0 Å². The molecule has 2 amide bonds. The lowest BCUT2D eigenvalue weighted by molar-refractivity contribution is -0.114. The van der Waals surface area contributed by atoms with Crippen LogP contribution in [0.25, 0.3) is 0 Å². The molecule has 0 aliphatic carbocycles. The van der Waals surface area contributed by atoms with E-state index in [0.29, 0.717) is 5.13 Å². The second-order valence-electron chi connectivity index (χ2n) is 4.12. The summed E-state index contributed by atoms with van der Waals surface area (Å²) >= 11 is 6.22. The van der Waals surface area contributed by atoms with Crippen LogP contribution >= 0.6 is 23.6 Å². The number of benzene rings is 1. The first-order valence-corrected chi connectivity index (χ1v) is 7.49. The van der Waals surface area contributed by atoms with Crippen molar-refractivity contribution in [1.29, 1.82) is 0 Å². The molecule has 1 heterocycles. The first-order valence-electron chi connectivity index (χ1n) is 6.20. The maximum Gasteiger partial charge on any atom is 0.289 e. The van der Waals surface area contributed by atoms with E-state index in [1.54, 1.807) is 0 Å². The predicted octanol–water partition coefficient (Wildman–Crippen LogP) is 1.73. The lowest BCUT2D eigenvalue weighted by Gasteiger charge is -2.10. The monoisotopic (exact) mass is 335 g/mol. The number of carbonyl (C=O) groups is 2. The Labute approximate surface area is 136 Å². The number of para-hydroxylation sites is 1. The molecule has 0 saturated carbocycles. The van der Waals surface area contributed by atoms with Gasteiger partial charge in [-0.2, -0.15) is 0 Å². The fourth-order valence-corrected chi connectivity index (χ4v) is 2.35. The van der Waals surface area contributed by atoms with Crippen molar-refractivity contribution in [3.63, 3.8) is 0 Å². The topological polar surface area (TPSA) is 95.2 Å². The van der Waals surface area contributed by atoms with Crippen LogP contribution in [0, 0.1) is 0 Å². The van der Waals surface area contributed by atoms with Crippen LogP contribution in [0.5, 0.6) is 0 Å². The van der Waals surface area contributed by atoms with Gasteiger partial charge in [-0.3, -0.25) is 20.4 Å². The van der Waals surface area contributed by atoms with Crippen molar-refractivity contribution < 1.29 is 9.59 Å². The zero-order valence-electron chi connectivity index (χ0n) is 11.5. The van der Waals surface area contributed by atoms with E-state index in [1.807, 2.05) is 30.3 Å². The molecule has 2 rings (SSSR count). The quantitative estimate of drug-likeness (QED) is 0.504.